The molecular formula is C9H17N3S. The van der Waals surface area contributed by atoms with Crippen LogP contribution in [0.4, 0.5) is 5.13 Å². The number of nitrogens with zero attached hydrogens (tertiary/aromatic N) is 2. The molecule has 3 nitrogen and oxygen atoms in total. The van der Waals surface area contributed by atoms with Crippen LogP contribution in [0, 0.1) is 0 Å². The van der Waals surface area contributed by atoms with Gasteiger partial charge in [-0.15, -0.1) is 10.2 Å². The molecule has 0 aliphatic rings. The van der Waals surface area contributed by atoms with Crippen molar-refractivity contribution < 1.29 is 0 Å². The Morgan fingerprint density at radius 3 is 2.46 bits per heavy atom. The molecule has 0 unspecified atom stereocenters. The highest BCUT2D eigenvalue weighted by atomic mass is 32.1. The van der Waals surface area contributed by atoms with Crippen molar-refractivity contribution in [3.8, 4) is 0 Å². The predicted molar refractivity (Wildman–Crippen MR) is 57.4 cm³/mol. The highest BCUT2D eigenvalue weighted by Gasteiger charge is 2.12. The molecule has 74 valence electrons. The van der Waals surface area contributed by atoms with Crippen LogP contribution < -0.4 is 5.32 Å². The first-order valence-corrected chi connectivity index (χ1v) is 5.70. The minimum Gasteiger partial charge on any atom is -0.360 e. The highest BCUT2D eigenvalue weighted by Crippen LogP contribution is 2.27. The second-order valence-electron chi connectivity index (χ2n) is 2.99. The molecule has 0 radical (unpaired) electrons. The van der Waals surface area contributed by atoms with E-state index >= 15 is 0 Å². The SMILES string of the molecule is CCNc1nnc(C(CC)CC)s1. The first-order valence-electron chi connectivity index (χ1n) is 4.89. The molecule has 1 aromatic rings. The number of anilines is 1. The second kappa shape index (κ2) is 5.17. The molecule has 0 saturated carbocycles. The zero-order valence-corrected chi connectivity index (χ0v) is 9.32. The Hall–Kier alpha value is -0.640. The van der Waals surface area contributed by atoms with Crippen LogP contribution >= 0.6 is 11.3 Å². The van der Waals surface area contributed by atoms with Crippen LogP contribution in [0.2, 0.25) is 0 Å². The lowest BCUT2D eigenvalue weighted by molar-refractivity contribution is 0.630. The van der Waals surface area contributed by atoms with E-state index in [2.05, 4.69) is 36.3 Å². The Morgan fingerprint density at radius 1 is 1.23 bits per heavy atom. The summed E-state index contributed by atoms with van der Waals surface area (Å²) in [6.07, 6.45) is 2.30. The monoisotopic (exact) mass is 199 g/mol. The van der Waals surface area contributed by atoms with Gasteiger partial charge in [-0.25, -0.2) is 0 Å². The van der Waals surface area contributed by atoms with Crippen molar-refractivity contribution in [1.29, 1.82) is 0 Å². The lowest BCUT2D eigenvalue weighted by atomic mass is 10.1. The Morgan fingerprint density at radius 2 is 1.92 bits per heavy atom. The Labute approximate surface area is 83.6 Å². The van der Waals surface area contributed by atoms with Gasteiger partial charge in [0.25, 0.3) is 0 Å². The number of aromatic nitrogens is 2. The average Bonchev–Trinajstić information content (AvgIpc) is 2.56. The average molecular weight is 199 g/mol. The zero-order chi connectivity index (χ0) is 9.68. The molecule has 0 bridgehead atoms. The molecule has 0 spiro atoms. The Balaban J connectivity index is 2.66. The molecule has 0 amide bonds. The van der Waals surface area contributed by atoms with Gasteiger partial charge in [-0.3, -0.25) is 0 Å². The molecule has 0 saturated heterocycles. The molecule has 4 heteroatoms. The first kappa shape index (κ1) is 10.4. The molecule has 1 N–H and O–H groups in total. The Kier molecular flexibility index (Phi) is 4.15. The van der Waals surface area contributed by atoms with Crippen molar-refractivity contribution in [3.05, 3.63) is 5.01 Å². The summed E-state index contributed by atoms with van der Waals surface area (Å²) in [5, 5.41) is 13.6. The fourth-order valence-corrected chi connectivity index (χ4v) is 2.34. The minimum absolute atomic E-state index is 0.588. The fraction of sp³-hybridized carbons (Fsp3) is 0.778. The van der Waals surface area contributed by atoms with Crippen LogP contribution in [0.3, 0.4) is 0 Å². The number of hydrogen-bond donors (Lipinski definition) is 1. The molecular weight excluding hydrogens is 182 g/mol. The lowest BCUT2D eigenvalue weighted by Crippen LogP contribution is -1.94. The molecule has 1 heterocycles. The van der Waals surface area contributed by atoms with Crippen molar-refractivity contribution in [2.24, 2.45) is 0 Å². The van der Waals surface area contributed by atoms with E-state index in [1.807, 2.05) is 0 Å². The van der Waals surface area contributed by atoms with Crippen LogP contribution in [0.5, 0.6) is 0 Å². The number of hydrogen-bond acceptors (Lipinski definition) is 4. The zero-order valence-electron chi connectivity index (χ0n) is 8.50. The van der Waals surface area contributed by atoms with Gasteiger partial charge in [-0.05, 0) is 19.8 Å². The summed E-state index contributed by atoms with van der Waals surface area (Å²) in [6, 6.07) is 0. The van der Waals surface area contributed by atoms with Gasteiger partial charge in [-0.1, -0.05) is 25.2 Å². The molecule has 0 atom stereocenters. The van der Waals surface area contributed by atoms with Gasteiger partial charge in [0.2, 0.25) is 5.13 Å². The summed E-state index contributed by atoms with van der Waals surface area (Å²) < 4.78 is 0. The minimum atomic E-state index is 0.588. The third-order valence-corrected chi connectivity index (χ3v) is 3.15. The van der Waals surface area contributed by atoms with E-state index in [-0.39, 0.29) is 0 Å². The van der Waals surface area contributed by atoms with E-state index in [0.29, 0.717) is 5.92 Å². The van der Waals surface area contributed by atoms with E-state index in [1.54, 1.807) is 11.3 Å². The molecule has 0 fully saturated rings. The van der Waals surface area contributed by atoms with Gasteiger partial charge >= 0.3 is 0 Å². The molecule has 1 aromatic heterocycles. The fourth-order valence-electron chi connectivity index (χ4n) is 1.26. The number of rotatable bonds is 5. The van der Waals surface area contributed by atoms with Gasteiger partial charge in [0.1, 0.15) is 5.01 Å². The van der Waals surface area contributed by atoms with Crippen LogP contribution in [0.25, 0.3) is 0 Å². The van der Waals surface area contributed by atoms with Gasteiger partial charge in [0.15, 0.2) is 0 Å². The second-order valence-corrected chi connectivity index (χ2v) is 4.00. The largest absolute Gasteiger partial charge is 0.360 e. The topological polar surface area (TPSA) is 37.8 Å². The third-order valence-electron chi connectivity index (χ3n) is 2.10. The highest BCUT2D eigenvalue weighted by molar-refractivity contribution is 7.15. The molecule has 0 aliphatic heterocycles. The maximum absolute atomic E-state index is 4.18. The summed E-state index contributed by atoms with van der Waals surface area (Å²) in [5.41, 5.74) is 0. The van der Waals surface area contributed by atoms with Crippen molar-refractivity contribution in [2.45, 2.75) is 39.5 Å². The van der Waals surface area contributed by atoms with Gasteiger partial charge in [-0.2, -0.15) is 0 Å². The summed E-state index contributed by atoms with van der Waals surface area (Å²) in [7, 11) is 0. The number of nitrogens with one attached hydrogen (secondary N) is 1. The lowest BCUT2D eigenvalue weighted by Gasteiger charge is -2.05. The van der Waals surface area contributed by atoms with Crippen molar-refractivity contribution >= 4 is 16.5 Å². The van der Waals surface area contributed by atoms with Crippen LogP contribution in [-0.4, -0.2) is 16.7 Å². The van der Waals surface area contributed by atoms with Crippen LogP contribution in [0.15, 0.2) is 0 Å². The smallest absolute Gasteiger partial charge is 0.205 e. The van der Waals surface area contributed by atoms with E-state index in [9.17, 15) is 0 Å². The van der Waals surface area contributed by atoms with Gasteiger partial charge in [0.05, 0.1) is 0 Å². The molecule has 13 heavy (non-hydrogen) atoms. The van der Waals surface area contributed by atoms with Crippen molar-refractivity contribution in [3.63, 3.8) is 0 Å². The van der Waals surface area contributed by atoms with E-state index in [4.69, 9.17) is 0 Å². The summed E-state index contributed by atoms with van der Waals surface area (Å²) in [6.45, 7) is 7.38. The molecule has 0 aliphatic carbocycles. The van der Waals surface area contributed by atoms with Crippen molar-refractivity contribution in [2.75, 3.05) is 11.9 Å². The Bertz CT molecular complexity index is 243. The normalized spacial score (nSPS) is 10.8. The summed E-state index contributed by atoms with van der Waals surface area (Å²) >= 11 is 1.68. The maximum atomic E-state index is 4.18. The predicted octanol–water partition coefficient (Wildman–Crippen LogP) is 2.87. The van der Waals surface area contributed by atoms with E-state index in [0.717, 1.165) is 24.5 Å². The summed E-state index contributed by atoms with van der Waals surface area (Å²) in [4.78, 5) is 0. The third kappa shape index (κ3) is 2.66. The molecule has 1 rings (SSSR count). The summed E-state index contributed by atoms with van der Waals surface area (Å²) in [5.74, 6) is 0.588. The van der Waals surface area contributed by atoms with Crippen molar-refractivity contribution in [1.82, 2.24) is 10.2 Å². The molecule has 0 aromatic carbocycles. The van der Waals surface area contributed by atoms with E-state index < -0.39 is 0 Å². The standard InChI is InChI=1S/C9H17N3S/c1-4-7(5-2)8-11-12-9(13-8)10-6-3/h7H,4-6H2,1-3H3,(H,10,12). The van der Waals surface area contributed by atoms with Gasteiger partial charge in [0, 0.05) is 12.5 Å². The van der Waals surface area contributed by atoms with Gasteiger partial charge < -0.3 is 5.32 Å². The van der Waals surface area contributed by atoms with Crippen LogP contribution in [0.1, 0.15) is 44.5 Å². The quantitative estimate of drug-likeness (QED) is 0.792. The van der Waals surface area contributed by atoms with E-state index in [1.165, 1.54) is 5.01 Å². The first-order chi connectivity index (χ1) is 6.31. The van der Waals surface area contributed by atoms with Crippen LogP contribution in [-0.2, 0) is 0 Å². The maximum Gasteiger partial charge on any atom is 0.205 e.